The Morgan fingerprint density at radius 3 is 2.43 bits per heavy atom. The summed E-state index contributed by atoms with van der Waals surface area (Å²) < 4.78 is 15.7. The van der Waals surface area contributed by atoms with E-state index in [9.17, 15) is 18.8 Å². The maximum atomic E-state index is 13.1. The summed E-state index contributed by atoms with van der Waals surface area (Å²) in [7, 11) is 0. The van der Waals surface area contributed by atoms with Crippen LogP contribution in [0.3, 0.4) is 0 Å². The maximum absolute atomic E-state index is 13.1. The van der Waals surface area contributed by atoms with Crippen molar-refractivity contribution >= 4 is 28.4 Å². The van der Waals surface area contributed by atoms with E-state index in [1.165, 1.54) is 53.0 Å². The van der Waals surface area contributed by atoms with Gasteiger partial charge in [0.1, 0.15) is 24.1 Å². The number of hydrogen-bond donors (Lipinski definition) is 1. The molecule has 0 atom stereocenters. The van der Waals surface area contributed by atoms with Gasteiger partial charge < -0.3 is 5.32 Å². The maximum Gasteiger partial charge on any atom is 0.264 e. The van der Waals surface area contributed by atoms with Gasteiger partial charge in [-0.05, 0) is 55.5 Å². The second-order valence-corrected chi connectivity index (χ2v) is 6.63. The number of anilines is 1. The van der Waals surface area contributed by atoms with Crippen molar-refractivity contribution in [3.8, 4) is 5.69 Å². The lowest BCUT2D eigenvalue weighted by molar-refractivity contribution is -0.116. The molecule has 1 N–H and O–H groups in total. The minimum atomic E-state index is -0.421. The van der Waals surface area contributed by atoms with Gasteiger partial charge in [-0.25, -0.2) is 14.1 Å². The minimum Gasteiger partial charge on any atom is -0.325 e. The van der Waals surface area contributed by atoms with Crippen molar-refractivity contribution in [2.24, 2.45) is 0 Å². The number of amides is 1. The van der Waals surface area contributed by atoms with Crippen LogP contribution in [0.4, 0.5) is 10.1 Å². The zero-order valence-electron chi connectivity index (χ0n) is 15.9. The van der Waals surface area contributed by atoms with Gasteiger partial charge in [0.25, 0.3) is 5.56 Å². The van der Waals surface area contributed by atoms with Gasteiger partial charge in [0.05, 0.1) is 11.9 Å². The minimum absolute atomic E-state index is 0.0695. The third-order valence-electron chi connectivity index (χ3n) is 4.51. The highest BCUT2D eigenvalue weighted by atomic mass is 19.1. The van der Waals surface area contributed by atoms with Gasteiger partial charge in [-0.3, -0.25) is 19.0 Å². The summed E-state index contributed by atoms with van der Waals surface area (Å²) >= 11 is 0. The standard InChI is InChI=1S/C21H16FN5O3/c1-13(28)14-2-6-16(7-3-14)25-19(29)11-26-12-23-20-18(21(26)30)10-24-27(20)17-8-4-15(22)5-9-17/h2-10,12H,11H2,1H3,(H,25,29). The summed E-state index contributed by atoms with van der Waals surface area (Å²) in [6.07, 6.45) is 2.63. The summed E-state index contributed by atoms with van der Waals surface area (Å²) in [6.45, 7) is 1.22. The lowest BCUT2D eigenvalue weighted by atomic mass is 10.1. The van der Waals surface area contributed by atoms with Crippen LogP contribution in [0, 0.1) is 5.82 Å². The zero-order chi connectivity index (χ0) is 21.3. The number of fused-ring (bicyclic) bond motifs is 1. The largest absolute Gasteiger partial charge is 0.325 e. The molecule has 0 fully saturated rings. The molecule has 0 unspecified atom stereocenters. The first-order valence-corrected chi connectivity index (χ1v) is 9.02. The van der Waals surface area contributed by atoms with Crippen molar-refractivity contribution in [2.75, 3.05) is 5.32 Å². The molecule has 4 rings (SSSR count). The number of carbonyl (C=O) groups is 2. The number of nitrogens with one attached hydrogen (secondary N) is 1. The highest BCUT2D eigenvalue weighted by Crippen LogP contribution is 2.14. The topological polar surface area (TPSA) is 98.9 Å². The molecule has 30 heavy (non-hydrogen) atoms. The summed E-state index contributed by atoms with van der Waals surface area (Å²) in [6, 6.07) is 12.1. The van der Waals surface area contributed by atoms with E-state index in [1.807, 2.05) is 0 Å². The third kappa shape index (κ3) is 3.72. The Hall–Kier alpha value is -4.14. The van der Waals surface area contributed by atoms with Crippen LogP contribution < -0.4 is 10.9 Å². The molecular formula is C21H16FN5O3. The molecule has 0 aliphatic rings. The van der Waals surface area contributed by atoms with Crippen molar-refractivity contribution in [3.63, 3.8) is 0 Å². The van der Waals surface area contributed by atoms with Gasteiger partial charge in [0.2, 0.25) is 5.91 Å². The molecule has 2 aromatic heterocycles. The molecule has 4 aromatic rings. The molecular weight excluding hydrogens is 389 g/mol. The number of Topliss-reactive ketones (excluding diaryl/α,β-unsaturated/α-hetero) is 1. The first kappa shape index (κ1) is 19.2. The Morgan fingerprint density at radius 2 is 1.77 bits per heavy atom. The molecule has 0 aliphatic carbocycles. The molecule has 0 saturated heterocycles. The van der Waals surface area contributed by atoms with Crippen LogP contribution in [0.1, 0.15) is 17.3 Å². The summed E-state index contributed by atoms with van der Waals surface area (Å²) in [5.41, 5.74) is 1.49. The molecule has 2 aromatic carbocycles. The number of ketones is 1. The molecule has 150 valence electrons. The first-order chi connectivity index (χ1) is 14.4. The van der Waals surface area contributed by atoms with E-state index < -0.39 is 11.5 Å². The molecule has 0 saturated carbocycles. The lowest BCUT2D eigenvalue weighted by Gasteiger charge is -2.08. The second kappa shape index (κ2) is 7.70. The van der Waals surface area contributed by atoms with Crippen LogP contribution in [-0.4, -0.2) is 31.0 Å². The SMILES string of the molecule is CC(=O)c1ccc(NC(=O)Cn2cnc3c(cnn3-c3ccc(F)cc3)c2=O)cc1. The molecule has 1 amide bonds. The van der Waals surface area contributed by atoms with Crippen LogP contribution in [0.25, 0.3) is 16.7 Å². The molecule has 0 radical (unpaired) electrons. The van der Waals surface area contributed by atoms with Gasteiger partial charge in [0.15, 0.2) is 11.4 Å². The van der Waals surface area contributed by atoms with E-state index in [0.717, 1.165) is 0 Å². The average Bonchev–Trinajstić information content (AvgIpc) is 3.16. The van der Waals surface area contributed by atoms with Crippen LogP contribution in [-0.2, 0) is 11.3 Å². The fourth-order valence-corrected chi connectivity index (χ4v) is 2.98. The van der Waals surface area contributed by atoms with E-state index in [4.69, 9.17) is 0 Å². The zero-order valence-corrected chi connectivity index (χ0v) is 15.9. The number of nitrogens with zero attached hydrogens (tertiary/aromatic N) is 4. The van der Waals surface area contributed by atoms with Crippen LogP contribution in [0.2, 0.25) is 0 Å². The fraction of sp³-hybridized carbons (Fsp3) is 0.0952. The number of halogens is 1. The van der Waals surface area contributed by atoms with Gasteiger partial charge >= 0.3 is 0 Å². The van der Waals surface area contributed by atoms with Gasteiger partial charge in [-0.2, -0.15) is 5.10 Å². The monoisotopic (exact) mass is 405 g/mol. The van der Waals surface area contributed by atoms with E-state index in [1.54, 1.807) is 24.3 Å². The average molecular weight is 405 g/mol. The molecule has 0 bridgehead atoms. The van der Waals surface area contributed by atoms with E-state index >= 15 is 0 Å². The van der Waals surface area contributed by atoms with E-state index in [-0.39, 0.29) is 23.5 Å². The number of rotatable bonds is 5. The molecule has 0 spiro atoms. The Morgan fingerprint density at radius 1 is 1.07 bits per heavy atom. The predicted molar refractivity (Wildman–Crippen MR) is 108 cm³/mol. The predicted octanol–water partition coefficient (Wildman–Crippen LogP) is 2.56. The van der Waals surface area contributed by atoms with Crippen LogP contribution >= 0.6 is 0 Å². The van der Waals surface area contributed by atoms with Crippen LogP contribution in [0.5, 0.6) is 0 Å². The summed E-state index contributed by atoms with van der Waals surface area (Å²) in [5.74, 6) is -0.868. The van der Waals surface area contributed by atoms with Crippen molar-refractivity contribution in [1.29, 1.82) is 0 Å². The quantitative estimate of drug-likeness (QED) is 0.515. The van der Waals surface area contributed by atoms with Gasteiger partial charge in [0, 0.05) is 11.3 Å². The van der Waals surface area contributed by atoms with E-state index in [2.05, 4.69) is 15.4 Å². The molecule has 0 aliphatic heterocycles. The van der Waals surface area contributed by atoms with Gasteiger partial charge in [-0.15, -0.1) is 0 Å². The highest BCUT2D eigenvalue weighted by molar-refractivity contribution is 5.95. The molecule has 8 nitrogen and oxygen atoms in total. The van der Waals surface area contributed by atoms with E-state index in [0.29, 0.717) is 22.6 Å². The number of hydrogen-bond acceptors (Lipinski definition) is 5. The number of benzene rings is 2. The van der Waals surface area contributed by atoms with Crippen molar-refractivity contribution in [1.82, 2.24) is 19.3 Å². The van der Waals surface area contributed by atoms with Crippen molar-refractivity contribution < 1.29 is 14.0 Å². The summed E-state index contributed by atoms with van der Waals surface area (Å²) in [5, 5.41) is 7.07. The first-order valence-electron chi connectivity index (χ1n) is 9.02. The van der Waals surface area contributed by atoms with Gasteiger partial charge in [-0.1, -0.05) is 0 Å². The Kier molecular flexibility index (Phi) is 4.93. The number of aromatic nitrogens is 4. The Labute approximate surface area is 169 Å². The third-order valence-corrected chi connectivity index (χ3v) is 4.51. The lowest BCUT2D eigenvalue weighted by Crippen LogP contribution is -2.27. The normalized spacial score (nSPS) is 10.9. The van der Waals surface area contributed by atoms with Crippen LogP contribution in [0.15, 0.2) is 65.8 Å². The summed E-state index contributed by atoms with van der Waals surface area (Å²) in [4.78, 5) is 40.6. The Bertz CT molecular complexity index is 1310. The smallest absolute Gasteiger partial charge is 0.264 e. The van der Waals surface area contributed by atoms with Crippen molar-refractivity contribution in [2.45, 2.75) is 13.5 Å². The fourth-order valence-electron chi connectivity index (χ4n) is 2.98. The second-order valence-electron chi connectivity index (χ2n) is 6.63. The molecule has 9 heteroatoms. The van der Waals surface area contributed by atoms with Crippen molar-refractivity contribution in [3.05, 3.63) is 82.8 Å². The molecule has 2 heterocycles. The Balaban J connectivity index is 1.55. The highest BCUT2D eigenvalue weighted by Gasteiger charge is 2.13. The number of carbonyl (C=O) groups excluding carboxylic acids is 2.